The Labute approximate surface area is 210 Å². The van der Waals surface area contributed by atoms with E-state index < -0.39 is 17.9 Å². The van der Waals surface area contributed by atoms with Crippen LogP contribution in [0.15, 0.2) is 36.7 Å². The van der Waals surface area contributed by atoms with Crippen LogP contribution in [-0.4, -0.2) is 69.6 Å². The van der Waals surface area contributed by atoms with Crippen molar-refractivity contribution >= 4 is 11.9 Å². The van der Waals surface area contributed by atoms with Gasteiger partial charge in [0.05, 0.1) is 18.4 Å². The van der Waals surface area contributed by atoms with Gasteiger partial charge in [-0.15, -0.1) is 0 Å². The Balaban J connectivity index is 0.000000202. The zero-order valence-electron chi connectivity index (χ0n) is 20.6. The molecular weight excluding hydrogens is 470 g/mol. The molecule has 2 saturated heterocycles. The van der Waals surface area contributed by atoms with Gasteiger partial charge in [-0.3, -0.25) is 19.4 Å². The van der Waals surface area contributed by atoms with Crippen LogP contribution in [0.4, 0.5) is 8.78 Å². The van der Waals surface area contributed by atoms with Crippen molar-refractivity contribution in [2.45, 2.75) is 45.7 Å². The van der Waals surface area contributed by atoms with E-state index in [0.29, 0.717) is 32.5 Å². The minimum atomic E-state index is -0.709. The normalized spacial score (nSPS) is 17.8. The molecule has 0 aromatic carbocycles. The first-order valence-electron chi connectivity index (χ1n) is 12.4. The molecule has 0 aliphatic carbocycles. The van der Waals surface area contributed by atoms with Crippen LogP contribution in [0, 0.1) is 23.7 Å². The summed E-state index contributed by atoms with van der Waals surface area (Å²) in [4.78, 5) is 33.8. The van der Waals surface area contributed by atoms with Crippen molar-refractivity contribution in [3.05, 3.63) is 59.7 Å². The molecule has 0 unspecified atom stereocenters. The van der Waals surface area contributed by atoms with Crippen molar-refractivity contribution in [3.8, 4) is 0 Å². The van der Waals surface area contributed by atoms with Gasteiger partial charge in [0.1, 0.15) is 0 Å². The Bertz CT molecular complexity index is 993. The maximum absolute atomic E-state index is 13.0. The zero-order valence-corrected chi connectivity index (χ0v) is 20.6. The summed E-state index contributed by atoms with van der Waals surface area (Å²) in [5.74, 6) is -1.91. The van der Waals surface area contributed by atoms with Crippen LogP contribution in [0.1, 0.15) is 43.7 Å². The predicted molar refractivity (Wildman–Crippen MR) is 129 cm³/mol. The monoisotopic (exact) mass is 504 g/mol. The molecule has 10 heteroatoms. The van der Waals surface area contributed by atoms with Gasteiger partial charge in [0.2, 0.25) is 11.9 Å². The van der Waals surface area contributed by atoms with Crippen LogP contribution in [0.3, 0.4) is 0 Å². The molecule has 2 aromatic heterocycles. The molecule has 0 atom stereocenters. The third-order valence-electron chi connectivity index (χ3n) is 6.54. The van der Waals surface area contributed by atoms with Crippen LogP contribution in [0.2, 0.25) is 0 Å². The van der Waals surface area contributed by atoms with E-state index in [-0.39, 0.29) is 17.8 Å². The number of carboxylic acids is 1. The van der Waals surface area contributed by atoms with Crippen molar-refractivity contribution < 1.29 is 28.2 Å². The molecule has 4 rings (SSSR count). The van der Waals surface area contributed by atoms with E-state index in [1.54, 1.807) is 6.07 Å². The number of likely N-dealkylation sites (tertiary alicyclic amines) is 2. The third kappa shape index (κ3) is 8.91. The van der Waals surface area contributed by atoms with Gasteiger partial charge in [0.15, 0.2) is 0 Å². The van der Waals surface area contributed by atoms with Gasteiger partial charge in [0, 0.05) is 25.5 Å². The second-order valence-corrected chi connectivity index (χ2v) is 9.16. The predicted octanol–water partition coefficient (Wildman–Crippen LogP) is 3.51. The number of carbonyl (C=O) groups is 2. The standard InChI is InChI=1S/C14H19FN2O2.C12H15FN2O2/c1-2-19-14(18)12-4-7-17(8-5-12)10-11-3-6-16-13(15)9-11;13-11-7-9(1-4-14-11)8-15-5-2-10(3-6-15)12(16)17/h3,6,9,12H,2,4-5,7-8,10H2,1H3;1,4,7,10H,2-3,5-6,8H2,(H,16,17). The average Bonchev–Trinajstić information content (AvgIpc) is 2.85. The van der Waals surface area contributed by atoms with Crippen molar-refractivity contribution in [2.24, 2.45) is 11.8 Å². The van der Waals surface area contributed by atoms with E-state index in [0.717, 1.165) is 50.1 Å². The molecule has 8 nitrogen and oxygen atoms in total. The summed E-state index contributed by atoms with van der Waals surface area (Å²) in [7, 11) is 0. The number of halogens is 2. The number of hydrogen-bond donors (Lipinski definition) is 1. The second-order valence-electron chi connectivity index (χ2n) is 9.16. The molecule has 36 heavy (non-hydrogen) atoms. The molecule has 196 valence electrons. The van der Waals surface area contributed by atoms with E-state index in [1.165, 1.54) is 24.5 Å². The summed E-state index contributed by atoms with van der Waals surface area (Å²) in [5, 5.41) is 8.87. The summed E-state index contributed by atoms with van der Waals surface area (Å²) >= 11 is 0. The summed E-state index contributed by atoms with van der Waals surface area (Å²) in [6, 6.07) is 6.48. The lowest BCUT2D eigenvalue weighted by molar-refractivity contribution is -0.149. The maximum atomic E-state index is 13.0. The molecule has 2 aliphatic rings. The summed E-state index contributed by atoms with van der Waals surface area (Å²) in [6.07, 6.45) is 5.90. The molecule has 0 spiro atoms. The molecule has 0 amide bonds. The van der Waals surface area contributed by atoms with E-state index in [1.807, 2.05) is 13.0 Å². The number of esters is 1. The Kier molecular flexibility index (Phi) is 10.7. The molecule has 2 aliphatic heterocycles. The summed E-state index contributed by atoms with van der Waals surface area (Å²) in [5.41, 5.74) is 1.80. The number of aromatic nitrogens is 2. The Morgan fingerprint density at radius 2 is 1.33 bits per heavy atom. The van der Waals surface area contributed by atoms with E-state index in [9.17, 15) is 18.4 Å². The van der Waals surface area contributed by atoms with Crippen LogP contribution < -0.4 is 0 Å². The Hall–Kier alpha value is -2.98. The first-order valence-corrected chi connectivity index (χ1v) is 12.4. The smallest absolute Gasteiger partial charge is 0.309 e. The van der Waals surface area contributed by atoms with Crippen molar-refractivity contribution in [1.29, 1.82) is 0 Å². The summed E-state index contributed by atoms with van der Waals surface area (Å²) in [6.45, 7) is 6.81. The highest BCUT2D eigenvalue weighted by molar-refractivity contribution is 5.72. The van der Waals surface area contributed by atoms with Gasteiger partial charge in [-0.05, 0) is 94.2 Å². The quantitative estimate of drug-likeness (QED) is 0.452. The van der Waals surface area contributed by atoms with E-state index in [2.05, 4.69) is 19.8 Å². The Morgan fingerprint density at radius 1 is 0.889 bits per heavy atom. The fourth-order valence-electron chi connectivity index (χ4n) is 4.52. The summed E-state index contributed by atoms with van der Waals surface area (Å²) < 4.78 is 30.9. The number of aliphatic carboxylic acids is 1. The molecule has 2 fully saturated rings. The van der Waals surface area contributed by atoms with Gasteiger partial charge in [0.25, 0.3) is 0 Å². The third-order valence-corrected chi connectivity index (χ3v) is 6.54. The molecule has 0 radical (unpaired) electrons. The molecule has 0 saturated carbocycles. The lowest BCUT2D eigenvalue weighted by Gasteiger charge is -2.30. The molecule has 0 bridgehead atoms. The lowest BCUT2D eigenvalue weighted by atomic mass is 9.97. The largest absolute Gasteiger partial charge is 0.481 e. The highest BCUT2D eigenvalue weighted by atomic mass is 19.1. The van der Waals surface area contributed by atoms with Crippen LogP contribution in [0.5, 0.6) is 0 Å². The van der Waals surface area contributed by atoms with Gasteiger partial charge < -0.3 is 9.84 Å². The minimum Gasteiger partial charge on any atom is -0.481 e. The number of pyridine rings is 2. The molecule has 2 aromatic rings. The highest BCUT2D eigenvalue weighted by Crippen LogP contribution is 2.21. The van der Waals surface area contributed by atoms with Crippen LogP contribution in [-0.2, 0) is 27.4 Å². The molecular formula is C26H34F2N4O4. The van der Waals surface area contributed by atoms with Gasteiger partial charge in [-0.2, -0.15) is 8.78 Å². The fraction of sp³-hybridized carbons (Fsp3) is 0.538. The molecule has 4 heterocycles. The van der Waals surface area contributed by atoms with Crippen molar-refractivity contribution in [2.75, 3.05) is 32.8 Å². The fourth-order valence-corrected chi connectivity index (χ4v) is 4.52. The number of piperidine rings is 2. The number of nitrogens with zero attached hydrogens (tertiary/aromatic N) is 4. The lowest BCUT2D eigenvalue weighted by Crippen LogP contribution is -2.36. The number of hydrogen-bond acceptors (Lipinski definition) is 7. The number of carbonyl (C=O) groups excluding carboxylic acids is 1. The highest BCUT2D eigenvalue weighted by Gasteiger charge is 2.26. The first kappa shape index (κ1) is 27.6. The van der Waals surface area contributed by atoms with Crippen LogP contribution >= 0.6 is 0 Å². The van der Waals surface area contributed by atoms with E-state index >= 15 is 0 Å². The molecule has 1 N–H and O–H groups in total. The second kappa shape index (κ2) is 13.9. The number of rotatable bonds is 7. The minimum absolute atomic E-state index is 0.0189. The Morgan fingerprint density at radius 3 is 1.72 bits per heavy atom. The maximum Gasteiger partial charge on any atom is 0.309 e. The topological polar surface area (TPSA) is 95.9 Å². The average molecular weight is 505 g/mol. The van der Waals surface area contributed by atoms with Gasteiger partial charge >= 0.3 is 11.9 Å². The van der Waals surface area contributed by atoms with E-state index in [4.69, 9.17) is 9.84 Å². The number of ether oxygens (including phenoxy) is 1. The van der Waals surface area contributed by atoms with Gasteiger partial charge in [-0.25, -0.2) is 9.97 Å². The van der Waals surface area contributed by atoms with Crippen LogP contribution in [0.25, 0.3) is 0 Å². The van der Waals surface area contributed by atoms with Gasteiger partial charge in [-0.1, -0.05) is 0 Å². The SMILES string of the molecule is CCOC(=O)C1CCN(Cc2ccnc(F)c2)CC1.O=C(O)C1CCN(Cc2ccnc(F)c2)CC1. The zero-order chi connectivity index (χ0) is 25.9. The van der Waals surface area contributed by atoms with Crippen molar-refractivity contribution in [3.63, 3.8) is 0 Å². The number of carboxylic acid groups (broad SMARTS) is 1. The van der Waals surface area contributed by atoms with Crippen molar-refractivity contribution in [1.82, 2.24) is 19.8 Å². The first-order chi connectivity index (χ1) is 17.3.